The number of hydrogen-bond acceptors (Lipinski definition) is 3. The summed E-state index contributed by atoms with van der Waals surface area (Å²) in [5, 5.41) is 0. The molecule has 0 spiro atoms. The molecular formula is C13H17O3. The molecule has 3 nitrogen and oxygen atoms in total. The molecule has 0 saturated heterocycles. The Bertz CT molecular complexity index is 316. The lowest BCUT2D eigenvalue weighted by Crippen LogP contribution is -2.07. The van der Waals surface area contributed by atoms with Crippen molar-refractivity contribution in [2.24, 2.45) is 0 Å². The van der Waals surface area contributed by atoms with E-state index in [-0.39, 0.29) is 5.97 Å². The maximum Gasteiger partial charge on any atom is 0.315 e. The molecule has 0 aliphatic heterocycles. The van der Waals surface area contributed by atoms with E-state index in [0.29, 0.717) is 12.4 Å². The first-order valence-electron chi connectivity index (χ1n) is 5.54. The van der Waals surface area contributed by atoms with Gasteiger partial charge in [-0.3, -0.25) is 4.79 Å². The summed E-state index contributed by atoms with van der Waals surface area (Å²) in [5.41, 5.74) is 0. The minimum Gasteiger partial charge on any atom is -0.494 e. The number of rotatable bonds is 6. The first-order chi connectivity index (χ1) is 7.76. The summed E-state index contributed by atoms with van der Waals surface area (Å²) in [5.74, 6) is 1.02. The van der Waals surface area contributed by atoms with E-state index in [9.17, 15) is 4.79 Å². The molecule has 0 heterocycles. The number of hydrogen-bond donors (Lipinski definition) is 0. The van der Waals surface area contributed by atoms with Crippen molar-refractivity contribution in [3.63, 3.8) is 0 Å². The average molecular weight is 221 g/mol. The van der Waals surface area contributed by atoms with Crippen molar-refractivity contribution in [2.45, 2.75) is 26.7 Å². The van der Waals surface area contributed by atoms with Gasteiger partial charge in [-0.1, -0.05) is 13.3 Å². The topological polar surface area (TPSA) is 35.5 Å². The van der Waals surface area contributed by atoms with E-state index >= 15 is 0 Å². The Balaban J connectivity index is 2.45. The Hall–Kier alpha value is -1.51. The van der Waals surface area contributed by atoms with E-state index < -0.39 is 0 Å². The fourth-order valence-corrected chi connectivity index (χ4v) is 1.19. The molecule has 0 bridgehead atoms. The van der Waals surface area contributed by atoms with E-state index in [0.717, 1.165) is 18.6 Å². The Morgan fingerprint density at radius 3 is 2.38 bits per heavy atom. The summed E-state index contributed by atoms with van der Waals surface area (Å²) in [4.78, 5) is 11.3. The van der Waals surface area contributed by atoms with E-state index in [2.05, 4.69) is 0 Å². The summed E-state index contributed by atoms with van der Waals surface area (Å²) in [6, 6.07) is 7.02. The summed E-state index contributed by atoms with van der Waals surface area (Å²) in [6.07, 6.45) is 3.24. The van der Waals surface area contributed by atoms with E-state index in [1.54, 1.807) is 30.7 Å². The van der Waals surface area contributed by atoms with Crippen LogP contribution in [-0.4, -0.2) is 12.6 Å². The zero-order valence-corrected chi connectivity index (χ0v) is 9.73. The van der Waals surface area contributed by atoms with Crippen LogP contribution in [0.5, 0.6) is 11.5 Å². The first-order valence-corrected chi connectivity index (χ1v) is 5.54. The minimum atomic E-state index is -0.300. The minimum absolute atomic E-state index is 0.300. The predicted molar refractivity (Wildman–Crippen MR) is 62.5 cm³/mol. The Labute approximate surface area is 96.4 Å². The monoisotopic (exact) mass is 221 g/mol. The van der Waals surface area contributed by atoms with Crippen LogP contribution in [0.3, 0.4) is 0 Å². The van der Waals surface area contributed by atoms with Crippen molar-refractivity contribution in [3.8, 4) is 11.5 Å². The number of benzene rings is 1. The van der Waals surface area contributed by atoms with Gasteiger partial charge >= 0.3 is 5.97 Å². The molecule has 3 heteroatoms. The van der Waals surface area contributed by atoms with Crippen molar-refractivity contribution >= 4 is 5.97 Å². The quantitative estimate of drug-likeness (QED) is 0.547. The zero-order chi connectivity index (χ0) is 11.8. The molecule has 0 aliphatic carbocycles. The molecule has 0 amide bonds. The molecule has 0 atom stereocenters. The Morgan fingerprint density at radius 1 is 1.19 bits per heavy atom. The van der Waals surface area contributed by atoms with Crippen LogP contribution in [0.2, 0.25) is 0 Å². The van der Waals surface area contributed by atoms with Gasteiger partial charge in [0.2, 0.25) is 0 Å². The van der Waals surface area contributed by atoms with Crippen LogP contribution in [0.15, 0.2) is 24.3 Å². The van der Waals surface area contributed by atoms with Crippen molar-refractivity contribution in [3.05, 3.63) is 30.7 Å². The van der Waals surface area contributed by atoms with Crippen LogP contribution < -0.4 is 9.47 Å². The highest BCUT2D eigenvalue weighted by Crippen LogP contribution is 2.17. The third-order valence-electron chi connectivity index (χ3n) is 1.95. The Morgan fingerprint density at radius 2 is 1.81 bits per heavy atom. The van der Waals surface area contributed by atoms with Crippen LogP contribution in [0.1, 0.15) is 26.7 Å². The average Bonchev–Trinajstić information content (AvgIpc) is 2.29. The van der Waals surface area contributed by atoms with Gasteiger partial charge in [-0.05, 0) is 37.6 Å². The van der Waals surface area contributed by atoms with Crippen LogP contribution in [0, 0.1) is 6.42 Å². The maximum absolute atomic E-state index is 11.3. The number of unbranched alkanes of at least 4 members (excludes halogenated alkanes) is 1. The predicted octanol–water partition coefficient (Wildman–Crippen LogP) is 3.00. The zero-order valence-electron chi connectivity index (χ0n) is 9.73. The lowest BCUT2D eigenvalue weighted by atomic mass is 10.2. The number of ether oxygens (including phenoxy) is 2. The van der Waals surface area contributed by atoms with Crippen molar-refractivity contribution in [2.75, 3.05) is 6.61 Å². The molecule has 87 valence electrons. The fourth-order valence-electron chi connectivity index (χ4n) is 1.19. The Kier molecular flexibility index (Phi) is 5.40. The summed E-state index contributed by atoms with van der Waals surface area (Å²) in [6.45, 7) is 4.57. The lowest BCUT2D eigenvalue weighted by Gasteiger charge is -2.05. The third-order valence-corrected chi connectivity index (χ3v) is 1.95. The highest BCUT2D eigenvalue weighted by molar-refractivity contribution is 5.80. The van der Waals surface area contributed by atoms with Gasteiger partial charge in [-0.2, -0.15) is 0 Å². The molecule has 0 N–H and O–H groups in total. The summed E-state index contributed by atoms with van der Waals surface area (Å²) in [7, 11) is 0. The molecule has 0 saturated carbocycles. The van der Waals surface area contributed by atoms with Gasteiger partial charge in [0.15, 0.2) is 0 Å². The van der Waals surface area contributed by atoms with E-state index in [4.69, 9.17) is 9.47 Å². The molecular weight excluding hydrogens is 204 g/mol. The van der Waals surface area contributed by atoms with Gasteiger partial charge in [-0.15, -0.1) is 0 Å². The second-order valence-corrected chi connectivity index (χ2v) is 3.32. The largest absolute Gasteiger partial charge is 0.494 e. The smallest absolute Gasteiger partial charge is 0.315 e. The highest BCUT2D eigenvalue weighted by atomic mass is 16.5. The van der Waals surface area contributed by atoms with Gasteiger partial charge in [0, 0.05) is 0 Å². The van der Waals surface area contributed by atoms with Gasteiger partial charge in [0.1, 0.15) is 11.5 Å². The lowest BCUT2D eigenvalue weighted by molar-refractivity contribution is -0.130. The van der Waals surface area contributed by atoms with Crippen LogP contribution in [0.25, 0.3) is 0 Å². The van der Waals surface area contributed by atoms with Gasteiger partial charge in [0.05, 0.1) is 13.0 Å². The van der Waals surface area contributed by atoms with Crippen molar-refractivity contribution in [1.82, 2.24) is 0 Å². The van der Waals surface area contributed by atoms with Crippen molar-refractivity contribution < 1.29 is 14.3 Å². The molecule has 0 aromatic heterocycles. The standard InChI is InChI=1S/C13H17O3/c1-3-5-6-13(14)16-12-9-7-11(8-10-12)15-4-2/h6-10H,3-5H2,1-2H3. The molecule has 1 aromatic carbocycles. The second kappa shape index (κ2) is 6.88. The third kappa shape index (κ3) is 4.34. The number of esters is 1. The highest BCUT2D eigenvalue weighted by Gasteiger charge is 2.04. The number of carbonyl (C=O) groups excluding carboxylic acids is 1. The molecule has 0 aliphatic rings. The fraction of sp³-hybridized carbons (Fsp3) is 0.385. The van der Waals surface area contributed by atoms with Crippen LogP contribution in [0.4, 0.5) is 0 Å². The second-order valence-electron chi connectivity index (χ2n) is 3.32. The van der Waals surface area contributed by atoms with Gasteiger partial charge < -0.3 is 9.47 Å². The molecule has 0 unspecified atom stereocenters. The molecule has 16 heavy (non-hydrogen) atoms. The summed E-state index contributed by atoms with van der Waals surface area (Å²) < 4.78 is 10.4. The SMILES string of the molecule is CCC[CH]C(=O)Oc1ccc(OCC)cc1. The van der Waals surface area contributed by atoms with Crippen LogP contribution in [-0.2, 0) is 4.79 Å². The molecule has 1 aromatic rings. The van der Waals surface area contributed by atoms with Crippen LogP contribution >= 0.6 is 0 Å². The van der Waals surface area contributed by atoms with E-state index in [1.807, 2.05) is 13.8 Å². The molecule has 0 fully saturated rings. The first kappa shape index (κ1) is 12.6. The molecule has 1 radical (unpaired) electrons. The number of carbonyl (C=O) groups is 1. The van der Waals surface area contributed by atoms with Gasteiger partial charge in [0.25, 0.3) is 0 Å². The maximum atomic E-state index is 11.3. The van der Waals surface area contributed by atoms with Gasteiger partial charge in [-0.25, -0.2) is 0 Å². The molecule has 1 rings (SSSR count). The normalized spacial score (nSPS) is 9.88. The summed E-state index contributed by atoms with van der Waals surface area (Å²) >= 11 is 0. The van der Waals surface area contributed by atoms with E-state index in [1.165, 1.54) is 0 Å². The van der Waals surface area contributed by atoms with Crippen molar-refractivity contribution in [1.29, 1.82) is 0 Å².